The molecule has 0 aromatic heterocycles. The van der Waals surface area contributed by atoms with Gasteiger partial charge in [0.2, 0.25) is 0 Å². The van der Waals surface area contributed by atoms with Crippen LogP contribution in [0.4, 0.5) is 0 Å². The van der Waals surface area contributed by atoms with Crippen molar-refractivity contribution >= 4 is 18.6 Å². The van der Waals surface area contributed by atoms with Crippen LogP contribution in [-0.2, 0) is 0 Å². The van der Waals surface area contributed by atoms with Crippen molar-refractivity contribution in [2.24, 2.45) is 0 Å². The average molecular weight is 193 g/mol. The van der Waals surface area contributed by atoms with Gasteiger partial charge in [-0.05, 0) is 24.6 Å². The summed E-state index contributed by atoms with van der Waals surface area (Å²) in [7, 11) is 0. The molecule has 0 radical (unpaired) electrons. The van der Waals surface area contributed by atoms with E-state index < -0.39 is 5.97 Å². The van der Waals surface area contributed by atoms with E-state index in [1.54, 1.807) is 13.0 Å². The van der Waals surface area contributed by atoms with Gasteiger partial charge in [-0.3, -0.25) is 0 Å². The van der Waals surface area contributed by atoms with E-state index in [4.69, 9.17) is 10.4 Å². The maximum Gasteiger partial charge on any atom is 0.337 e. The topological polar surface area (TPSA) is 61.1 Å². The molecule has 0 bridgehead atoms. The minimum atomic E-state index is -1.08. The summed E-state index contributed by atoms with van der Waals surface area (Å²) in [6, 6.07) is 4.89. The highest BCUT2D eigenvalue weighted by atomic mass is 32.1. The zero-order chi connectivity index (χ0) is 10.0. The van der Waals surface area contributed by atoms with Crippen molar-refractivity contribution in [3.05, 3.63) is 28.8 Å². The lowest BCUT2D eigenvalue weighted by atomic mass is 10.0. The summed E-state index contributed by atoms with van der Waals surface area (Å²) in [4.78, 5) is 11.3. The third kappa shape index (κ3) is 1.82. The fourth-order valence-corrected chi connectivity index (χ4v) is 1.46. The normalized spacial score (nSPS) is 9.31. The zero-order valence-corrected chi connectivity index (χ0v) is 7.80. The first kappa shape index (κ1) is 9.62. The van der Waals surface area contributed by atoms with Gasteiger partial charge < -0.3 is 5.11 Å². The molecule has 1 aromatic carbocycles. The fourth-order valence-electron chi connectivity index (χ4n) is 1.14. The molecule has 4 heteroatoms. The molecular weight excluding hydrogens is 186 g/mol. The molecule has 0 unspecified atom stereocenters. The van der Waals surface area contributed by atoms with Crippen LogP contribution in [0.15, 0.2) is 17.0 Å². The lowest BCUT2D eigenvalue weighted by Gasteiger charge is -2.03. The number of hydrogen-bond donors (Lipinski definition) is 2. The minimum Gasteiger partial charge on any atom is -0.478 e. The van der Waals surface area contributed by atoms with Gasteiger partial charge >= 0.3 is 5.97 Å². The first-order chi connectivity index (χ1) is 6.06. The van der Waals surface area contributed by atoms with Gasteiger partial charge in [-0.2, -0.15) is 5.26 Å². The van der Waals surface area contributed by atoms with Crippen molar-refractivity contribution in [1.29, 1.82) is 5.26 Å². The second-order valence-corrected chi connectivity index (χ2v) is 3.12. The van der Waals surface area contributed by atoms with Gasteiger partial charge in [-0.1, -0.05) is 0 Å². The first-order valence-electron chi connectivity index (χ1n) is 3.53. The molecular formula is C9H7NO2S. The Balaban J connectivity index is 3.50. The van der Waals surface area contributed by atoms with Crippen molar-refractivity contribution in [3.8, 4) is 6.07 Å². The molecule has 0 saturated carbocycles. The van der Waals surface area contributed by atoms with Gasteiger partial charge in [0.15, 0.2) is 0 Å². The van der Waals surface area contributed by atoms with E-state index >= 15 is 0 Å². The maximum absolute atomic E-state index is 10.7. The number of carbonyl (C=O) groups is 1. The first-order valence-corrected chi connectivity index (χ1v) is 3.98. The van der Waals surface area contributed by atoms with Gasteiger partial charge in [0, 0.05) is 4.90 Å². The quantitative estimate of drug-likeness (QED) is 0.669. The smallest absolute Gasteiger partial charge is 0.337 e. The highest BCUT2D eigenvalue weighted by Gasteiger charge is 2.13. The van der Waals surface area contributed by atoms with Crippen LogP contribution in [0.3, 0.4) is 0 Å². The molecule has 0 aliphatic rings. The van der Waals surface area contributed by atoms with E-state index in [1.165, 1.54) is 6.07 Å². The molecule has 1 rings (SSSR count). The number of thiol groups is 1. The average Bonchev–Trinajstić information content (AvgIpc) is 2.01. The van der Waals surface area contributed by atoms with Gasteiger partial charge in [0.05, 0.1) is 11.1 Å². The molecule has 0 saturated heterocycles. The molecule has 0 heterocycles. The summed E-state index contributed by atoms with van der Waals surface area (Å²) in [6.45, 7) is 1.64. The molecule has 66 valence electrons. The van der Waals surface area contributed by atoms with E-state index in [0.29, 0.717) is 10.5 Å². The van der Waals surface area contributed by atoms with Crippen LogP contribution in [0.2, 0.25) is 0 Å². The number of aromatic carboxylic acids is 1. The number of carboxylic acid groups (broad SMARTS) is 1. The van der Waals surface area contributed by atoms with Gasteiger partial charge in [-0.15, -0.1) is 12.6 Å². The Hall–Kier alpha value is -1.47. The summed E-state index contributed by atoms with van der Waals surface area (Å²) in [5.41, 5.74) is 0.759. The molecule has 0 aliphatic carbocycles. The van der Waals surface area contributed by atoms with E-state index in [0.717, 1.165) is 0 Å². The van der Waals surface area contributed by atoms with Crippen LogP contribution in [0.5, 0.6) is 0 Å². The van der Waals surface area contributed by atoms with Gasteiger partial charge in [-0.25, -0.2) is 4.79 Å². The van der Waals surface area contributed by atoms with Gasteiger partial charge in [0.1, 0.15) is 6.07 Å². The van der Waals surface area contributed by atoms with Crippen molar-refractivity contribution < 1.29 is 9.90 Å². The highest BCUT2D eigenvalue weighted by Crippen LogP contribution is 2.18. The molecule has 13 heavy (non-hydrogen) atoms. The summed E-state index contributed by atoms with van der Waals surface area (Å²) in [6.07, 6.45) is 0. The van der Waals surface area contributed by atoms with Crippen LogP contribution >= 0.6 is 12.6 Å². The Bertz CT molecular complexity index is 407. The summed E-state index contributed by atoms with van der Waals surface area (Å²) >= 11 is 4.05. The van der Waals surface area contributed by atoms with E-state index in [2.05, 4.69) is 12.6 Å². The third-order valence-electron chi connectivity index (χ3n) is 1.65. The second-order valence-electron chi connectivity index (χ2n) is 2.60. The molecule has 0 amide bonds. The lowest BCUT2D eigenvalue weighted by Crippen LogP contribution is -2.03. The number of carboxylic acids is 1. The van der Waals surface area contributed by atoms with Crippen molar-refractivity contribution in [2.45, 2.75) is 11.8 Å². The van der Waals surface area contributed by atoms with Crippen molar-refractivity contribution in [2.75, 3.05) is 0 Å². The Morgan fingerprint density at radius 1 is 1.62 bits per heavy atom. The molecule has 0 atom stereocenters. The molecule has 3 nitrogen and oxygen atoms in total. The highest BCUT2D eigenvalue weighted by molar-refractivity contribution is 7.80. The standard InChI is InChI=1S/C9H7NO2S/c1-5-2-7(13)3-6(4-10)8(5)9(11)12/h2-3,13H,1H3,(H,11,12). The molecule has 1 aromatic rings. The monoisotopic (exact) mass is 193 g/mol. The maximum atomic E-state index is 10.7. The van der Waals surface area contributed by atoms with Crippen LogP contribution in [-0.4, -0.2) is 11.1 Å². The lowest BCUT2D eigenvalue weighted by molar-refractivity contribution is 0.0695. The van der Waals surface area contributed by atoms with Crippen LogP contribution in [0.1, 0.15) is 21.5 Å². The molecule has 0 aliphatic heterocycles. The number of nitriles is 1. The Kier molecular flexibility index (Phi) is 2.59. The Labute approximate surface area is 81.0 Å². The van der Waals surface area contributed by atoms with E-state index in [9.17, 15) is 4.79 Å². The molecule has 0 fully saturated rings. The molecule has 1 N–H and O–H groups in total. The largest absolute Gasteiger partial charge is 0.478 e. The van der Waals surface area contributed by atoms with E-state index in [-0.39, 0.29) is 11.1 Å². The van der Waals surface area contributed by atoms with Crippen molar-refractivity contribution in [3.63, 3.8) is 0 Å². The summed E-state index contributed by atoms with van der Waals surface area (Å²) < 4.78 is 0. The number of aryl methyl sites for hydroxylation is 1. The van der Waals surface area contributed by atoms with Gasteiger partial charge in [0.25, 0.3) is 0 Å². The van der Waals surface area contributed by atoms with Crippen LogP contribution in [0, 0.1) is 18.3 Å². The number of rotatable bonds is 1. The third-order valence-corrected chi connectivity index (χ3v) is 1.91. The van der Waals surface area contributed by atoms with Crippen LogP contribution < -0.4 is 0 Å². The fraction of sp³-hybridized carbons (Fsp3) is 0.111. The minimum absolute atomic E-state index is 0.0558. The predicted molar refractivity (Wildman–Crippen MR) is 50.1 cm³/mol. The summed E-state index contributed by atoms with van der Waals surface area (Å²) in [5, 5.41) is 17.5. The number of benzene rings is 1. The second kappa shape index (κ2) is 3.50. The predicted octanol–water partition coefficient (Wildman–Crippen LogP) is 1.85. The zero-order valence-electron chi connectivity index (χ0n) is 6.90. The number of hydrogen-bond acceptors (Lipinski definition) is 3. The Morgan fingerprint density at radius 3 is 2.69 bits per heavy atom. The Morgan fingerprint density at radius 2 is 2.23 bits per heavy atom. The van der Waals surface area contributed by atoms with Crippen molar-refractivity contribution in [1.82, 2.24) is 0 Å². The molecule has 0 spiro atoms. The number of nitrogens with zero attached hydrogens (tertiary/aromatic N) is 1. The SMILES string of the molecule is Cc1cc(S)cc(C#N)c1C(=O)O. The van der Waals surface area contributed by atoms with Crippen LogP contribution in [0.25, 0.3) is 0 Å². The van der Waals surface area contributed by atoms with E-state index in [1.807, 2.05) is 6.07 Å². The summed E-state index contributed by atoms with van der Waals surface area (Å²) in [5.74, 6) is -1.08.